The third-order valence-electron chi connectivity index (χ3n) is 9.57. The summed E-state index contributed by atoms with van der Waals surface area (Å²) in [6.45, 7) is 17.1. The van der Waals surface area contributed by atoms with E-state index in [9.17, 15) is 30.4 Å². The maximum Gasteiger partial charge on any atom is 0.270 e. The maximum atomic E-state index is 12.4. The quantitative estimate of drug-likeness (QED) is 0.120. The first-order chi connectivity index (χ1) is 24.4. The van der Waals surface area contributed by atoms with E-state index in [1.807, 2.05) is 38.1 Å². The minimum Gasteiger partial charge on any atom is -0.507 e. The fourth-order valence-corrected chi connectivity index (χ4v) is 6.73. The highest BCUT2D eigenvalue weighted by atomic mass is 16.6. The number of fused-ring (bicyclic) bond motifs is 8. The van der Waals surface area contributed by atoms with E-state index >= 15 is 0 Å². The molecule has 0 unspecified atom stereocenters. The standard InChI is InChI=1S/C42H50N2O8/c1-9-11-51-39-29-13-25-21-35(43(47)48)23-27(37(25)45)15-31-19-34(42(6,7)8)20-32(40(31)52-12-10-2)16-28-24-36(44(49)50)22-26(38(28)46)14-30(39)18-33(17-29)41(3,4)5/h17-24,45-46H,9-16H2,1-8H3. The van der Waals surface area contributed by atoms with E-state index < -0.39 is 9.85 Å². The fraction of sp³-hybridized carbons (Fsp3) is 0.429. The topological polar surface area (TPSA) is 145 Å². The fourth-order valence-electron chi connectivity index (χ4n) is 6.73. The van der Waals surface area contributed by atoms with E-state index in [1.54, 1.807) is 0 Å². The molecule has 0 aromatic heterocycles. The Morgan fingerprint density at radius 3 is 1.02 bits per heavy atom. The van der Waals surface area contributed by atoms with Crippen LogP contribution in [0.15, 0.2) is 48.5 Å². The molecule has 10 heteroatoms. The molecular formula is C42H50N2O8. The molecule has 5 rings (SSSR count). The van der Waals surface area contributed by atoms with Gasteiger partial charge >= 0.3 is 0 Å². The van der Waals surface area contributed by atoms with Crippen LogP contribution in [0.3, 0.4) is 0 Å². The van der Waals surface area contributed by atoms with Crippen LogP contribution in [0.25, 0.3) is 0 Å². The maximum absolute atomic E-state index is 12.4. The molecule has 1 aliphatic carbocycles. The van der Waals surface area contributed by atoms with Gasteiger partial charge in [-0.1, -0.05) is 79.7 Å². The van der Waals surface area contributed by atoms with Crippen LogP contribution >= 0.6 is 0 Å². The summed E-state index contributed by atoms with van der Waals surface area (Å²) in [5.41, 5.74) is 5.28. The second-order valence-corrected chi connectivity index (χ2v) is 15.9. The summed E-state index contributed by atoms with van der Waals surface area (Å²) >= 11 is 0. The monoisotopic (exact) mass is 710 g/mol. The lowest BCUT2D eigenvalue weighted by molar-refractivity contribution is -0.385. The molecule has 0 saturated heterocycles. The minimum absolute atomic E-state index is 0.0375. The van der Waals surface area contributed by atoms with E-state index in [1.165, 1.54) is 24.3 Å². The van der Waals surface area contributed by atoms with E-state index in [0.29, 0.717) is 82.1 Å². The van der Waals surface area contributed by atoms with Gasteiger partial charge in [0, 0.05) is 72.2 Å². The number of aromatic hydroxyl groups is 2. The van der Waals surface area contributed by atoms with Gasteiger partial charge in [-0.3, -0.25) is 20.2 Å². The molecule has 10 nitrogen and oxygen atoms in total. The van der Waals surface area contributed by atoms with Crippen LogP contribution in [-0.2, 0) is 36.5 Å². The molecule has 2 N–H and O–H groups in total. The summed E-state index contributed by atoms with van der Waals surface area (Å²) in [5.74, 6) is 0.975. The van der Waals surface area contributed by atoms with Gasteiger partial charge in [0.05, 0.1) is 23.1 Å². The molecule has 1 aliphatic rings. The van der Waals surface area contributed by atoms with Gasteiger partial charge in [-0.15, -0.1) is 0 Å². The molecule has 0 atom stereocenters. The van der Waals surface area contributed by atoms with Crippen LogP contribution in [0, 0.1) is 20.2 Å². The number of ether oxygens (including phenoxy) is 2. The summed E-state index contributed by atoms with van der Waals surface area (Å²) < 4.78 is 12.8. The van der Waals surface area contributed by atoms with Crippen LogP contribution in [0.1, 0.15) is 124 Å². The zero-order chi connectivity index (χ0) is 38.1. The smallest absolute Gasteiger partial charge is 0.270 e. The summed E-state index contributed by atoms with van der Waals surface area (Å²) in [5, 5.41) is 48.6. The number of non-ortho nitro benzene ring substituents is 2. The number of benzene rings is 4. The van der Waals surface area contributed by atoms with E-state index in [0.717, 1.165) is 11.1 Å². The lowest BCUT2D eigenvalue weighted by Crippen LogP contribution is -2.15. The number of nitro groups is 2. The predicted molar refractivity (Wildman–Crippen MR) is 203 cm³/mol. The molecule has 0 heterocycles. The number of phenols is 2. The Bertz CT molecular complexity index is 1780. The molecule has 4 aromatic rings. The van der Waals surface area contributed by atoms with Crippen LogP contribution < -0.4 is 9.47 Å². The average Bonchev–Trinajstić information content (AvgIpc) is 3.05. The molecule has 4 aromatic carbocycles. The van der Waals surface area contributed by atoms with Crippen molar-refractivity contribution in [2.24, 2.45) is 0 Å². The second-order valence-electron chi connectivity index (χ2n) is 15.9. The molecule has 8 bridgehead atoms. The van der Waals surface area contributed by atoms with Crippen LogP contribution in [0.2, 0.25) is 0 Å². The van der Waals surface area contributed by atoms with Crippen molar-refractivity contribution in [3.63, 3.8) is 0 Å². The van der Waals surface area contributed by atoms with Crippen LogP contribution in [0.5, 0.6) is 23.0 Å². The van der Waals surface area contributed by atoms with Crippen LogP contribution in [-0.4, -0.2) is 33.3 Å². The van der Waals surface area contributed by atoms with Gasteiger partial charge in [0.1, 0.15) is 23.0 Å². The zero-order valence-electron chi connectivity index (χ0n) is 31.5. The Morgan fingerprint density at radius 1 is 0.538 bits per heavy atom. The first kappa shape index (κ1) is 38.1. The van der Waals surface area contributed by atoms with Gasteiger partial charge in [0.15, 0.2) is 0 Å². The highest BCUT2D eigenvalue weighted by molar-refractivity contribution is 5.60. The number of phenolic OH excluding ortho intramolecular Hbond substituents is 2. The average molecular weight is 711 g/mol. The summed E-state index contributed by atoms with van der Waals surface area (Å²) in [4.78, 5) is 23.8. The zero-order valence-corrected chi connectivity index (χ0v) is 31.5. The number of nitrogens with zero attached hydrogens (tertiary/aromatic N) is 2. The molecule has 0 saturated carbocycles. The van der Waals surface area contributed by atoms with E-state index in [-0.39, 0.29) is 59.4 Å². The van der Waals surface area contributed by atoms with Crippen molar-refractivity contribution in [1.82, 2.24) is 0 Å². The molecule has 52 heavy (non-hydrogen) atoms. The van der Waals surface area contributed by atoms with Gasteiger partial charge in [0.25, 0.3) is 11.4 Å². The van der Waals surface area contributed by atoms with Gasteiger partial charge in [-0.05, 0) is 57.1 Å². The number of nitro benzene ring substituents is 2. The third kappa shape index (κ3) is 8.16. The lowest BCUT2D eigenvalue weighted by Gasteiger charge is -2.26. The van der Waals surface area contributed by atoms with Gasteiger partial charge in [-0.2, -0.15) is 0 Å². The van der Waals surface area contributed by atoms with E-state index in [2.05, 4.69) is 41.5 Å². The Balaban J connectivity index is 1.92. The normalized spacial score (nSPS) is 13.1. The molecule has 0 spiro atoms. The van der Waals surface area contributed by atoms with Gasteiger partial charge < -0.3 is 19.7 Å². The molecule has 0 amide bonds. The largest absolute Gasteiger partial charge is 0.507 e. The SMILES string of the molecule is CCCOc1c2cc(C(C)(C)C)cc1Cc1cc([N+](=O)[O-])cc(c1O)Cc1cc(C(C)(C)C)cc(c1OCCC)Cc1cc([N+](=O)[O-])cc(c1O)C2. The van der Waals surface area contributed by atoms with Crippen molar-refractivity contribution >= 4 is 11.4 Å². The molecule has 0 aliphatic heterocycles. The number of rotatable bonds is 8. The number of hydrogen-bond donors (Lipinski definition) is 2. The van der Waals surface area contributed by atoms with Crippen molar-refractivity contribution in [3.05, 3.63) is 124 Å². The first-order valence-corrected chi connectivity index (χ1v) is 18.0. The van der Waals surface area contributed by atoms with Crippen molar-refractivity contribution in [2.45, 2.75) is 105 Å². The Hall–Kier alpha value is -5.12. The second kappa shape index (κ2) is 14.9. The lowest BCUT2D eigenvalue weighted by atomic mass is 9.81. The molecule has 0 radical (unpaired) electrons. The third-order valence-corrected chi connectivity index (χ3v) is 9.57. The Kier molecular flexibility index (Phi) is 10.9. The first-order valence-electron chi connectivity index (χ1n) is 18.0. The van der Waals surface area contributed by atoms with Crippen LogP contribution in [0.4, 0.5) is 11.4 Å². The number of hydrogen-bond acceptors (Lipinski definition) is 8. The predicted octanol–water partition coefficient (Wildman–Crippen LogP) is 9.76. The molecular weight excluding hydrogens is 660 g/mol. The Morgan fingerprint density at radius 2 is 0.808 bits per heavy atom. The highest BCUT2D eigenvalue weighted by Crippen LogP contribution is 2.43. The summed E-state index contributed by atoms with van der Waals surface area (Å²) in [7, 11) is 0. The van der Waals surface area contributed by atoms with E-state index in [4.69, 9.17) is 9.47 Å². The Labute approximate surface area is 305 Å². The highest BCUT2D eigenvalue weighted by Gasteiger charge is 2.28. The van der Waals surface area contributed by atoms with Gasteiger partial charge in [0.2, 0.25) is 0 Å². The van der Waals surface area contributed by atoms with Crippen molar-refractivity contribution in [1.29, 1.82) is 0 Å². The molecule has 0 fully saturated rings. The summed E-state index contributed by atoms with van der Waals surface area (Å²) in [6, 6.07) is 13.7. The van der Waals surface area contributed by atoms with Crippen molar-refractivity contribution in [2.75, 3.05) is 13.2 Å². The molecule has 276 valence electrons. The van der Waals surface area contributed by atoms with Crippen molar-refractivity contribution < 1.29 is 29.5 Å². The van der Waals surface area contributed by atoms with Crippen molar-refractivity contribution in [3.8, 4) is 23.0 Å². The van der Waals surface area contributed by atoms with Gasteiger partial charge in [-0.25, -0.2) is 0 Å². The minimum atomic E-state index is -0.441. The summed E-state index contributed by atoms with van der Waals surface area (Å²) in [6.07, 6.45) is 1.89.